The Hall–Kier alpha value is -3.06. The van der Waals surface area contributed by atoms with Gasteiger partial charge in [-0.2, -0.15) is 0 Å². The molecule has 3 rings (SSSR count). The molecular weight excluding hydrogens is 405 g/mol. The van der Waals surface area contributed by atoms with Gasteiger partial charge in [0.1, 0.15) is 5.82 Å². The van der Waals surface area contributed by atoms with Gasteiger partial charge in [0.05, 0.1) is 30.8 Å². The summed E-state index contributed by atoms with van der Waals surface area (Å²) < 4.78 is 53.4. The second-order valence-electron chi connectivity index (χ2n) is 6.84. The summed E-state index contributed by atoms with van der Waals surface area (Å²) in [6.45, 7) is 3.44. The van der Waals surface area contributed by atoms with Crippen molar-refractivity contribution < 1.29 is 22.3 Å². The predicted octanol–water partition coefficient (Wildman–Crippen LogP) is 5.11. The van der Waals surface area contributed by atoms with Crippen LogP contribution in [0.1, 0.15) is 24.1 Å². The molecule has 7 heteroatoms. The van der Waals surface area contributed by atoms with Gasteiger partial charge in [-0.3, -0.25) is 4.31 Å². The molecule has 0 aliphatic carbocycles. The zero-order valence-corrected chi connectivity index (χ0v) is 18.1. The summed E-state index contributed by atoms with van der Waals surface area (Å²) in [7, 11) is -1.11. The molecule has 0 radical (unpaired) electrons. The van der Waals surface area contributed by atoms with E-state index >= 15 is 0 Å². The highest BCUT2D eigenvalue weighted by molar-refractivity contribution is 7.92. The third kappa shape index (κ3) is 4.11. The number of rotatable bonds is 7. The minimum atomic E-state index is -4.10. The molecule has 0 saturated heterocycles. The van der Waals surface area contributed by atoms with Crippen molar-refractivity contribution in [3.8, 4) is 11.5 Å². The highest BCUT2D eigenvalue weighted by Crippen LogP contribution is 2.38. The number of nitrogens with zero attached hydrogens (tertiary/aromatic N) is 1. The zero-order valence-electron chi connectivity index (χ0n) is 17.3. The van der Waals surface area contributed by atoms with Gasteiger partial charge in [-0.15, -0.1) is 0 Å². The van der Waals surface area contributed by atoms with E-state index in [2.05, 4.69) is 0 Å². The van der Waals surface area contributed by atoms with Crippen LogP contribution in [0.3, 0.4) is 0 Å². The predicted molar refractivity (Wildman–Crippen MR) is 115 cm³/mol. The van der Waals surface area contributed by atoms with E-state index in [-0.39, 0.29) is 4.90 Å². The van der Waals surface area contributed by atoms with Crippen molar-refractivity contribution in [2.24, 2.45) is 0 Å². The second-order valence-corrected chi connectivity index (χ2v) is 8.62. The van der Waals surface area contributed by atoms with Gasteiger partial charge in [0.15, 0.2) is 11.5 Å². The number of halogens is 1. The average Bonchev–Trinajstić information content (AvgIpc) is 2.75. The molecule has 0 heterocycles. The lowest BCUT2D eigenvalue weighted by atomic mass is 10.1. The van der Waals surface area contributed by atoms with E-state index in [4.69, 9.17) is 9.47 Å². The quantitative estimate of drug-likeness (QED) is 0.524. The van der Waals surface area contributed by atoms with Gasteiger partial charge in [-0.1, -0.05) is 36.4 Å². The number of methoxy groups -OCH3 is 2. The summed E-state index contributed by atoms with van der Waals surface area (Å²) in [5.41, 5.74) is 1.64. The van der Waals surface area contributed by atoms with E-state index < -0.39 is 21.9 Å². The second kappa shape index (κ2) is 8.75. The van der Waals surface area contributed by atoms with Crippen LogP contribution in [0.15, 0.2) is 71.6 Å². The number of hydrogen-bond donors (Lipinski definition) is 0. The van der Waals surface area contributed by atoms with Gasteiger partial charge in [-0.25, -0.2) is 12.8 Å². The minimum absolute atomic E-state index is 0.0833. The zero-order chi connectivity index (χ0) is 21.9. The number of anilines is 1. The molecule has 0 aromatic heterocycles. The Morgan fingerprint density at radius 2 is 1.57 bits per heavy atom. The van der Waals surface area contributed by atoms with Gasteiger partial charge >= 0.3 is 0 Å². The molecule has 0 bridgehead atoms. The molecule has 3 aromatic rings. The fraction of sp³-hybridized carbons (Fsp3) is 0.217. The largest absolute Gasteiger partial charge is 0.493 e. The number of aryl methyl sites for hydroxylation is 1. The molecule has 5 nitrogen and oxygen atoms in total. The van der Waals surface area contributed by atoms with E-state index in [0.29, 0.717) is 22.7 Å². The van der Waals surface area contributed by atoms with Crippen molar-refractivity contribution >= 4 is 15.7 Å². The molecule has 1 atom stereocenters. The van der Waals surface area contributed by atoms with Crippen LogP contribution in [0.25, 0.3) is 0 Å². The topological polar surface area (TPSA) is 55.8 Å². The van der Waals surface area contributed by atoms with E-state index in [0.717, 1.165) is 11.6 Å². The molecule has 3 aromatic carbocycles. The van der Waals surface area contributed by atoms with Gasteiger partial charge in [-0.05, 0) is 49.2 Å². The van der Waals surface area contributed by atoms with Crippen molar-refractivity contribution in [3.05, 3.63) is 83.7 Å². The molecule has 0 spiro atoms. The van der Waals surface area contributed by atoms with Crippen molar-refractivity contribution in [2.45, 2.75) is 24.8 Å². The van der Waals surface area contributed by atoms with E-state index in [1.54, 1.807) is 32.0 Å². The first-order valence-electron chi connectivity index (χ1n) is 9.37. The summed E-state index contributed by atoms with van der Waals surface area (Å²) >= 11 is 0. The molecule has 1 unspecified atom stereocenters. The van der Waals surface area contributed by atoms with Crippen LogP contribution in [-0.2, 0) is 10.0 Å². The monoisotopic (exact) mass is 429 g/mol. The lowest BCUT2D eigenvalue weighted by Crippen LogP contribution is -2.34. The van der Waals surface area contributed by atoms with Crippen molar-refractivity contribution in [1.29, 1.82) is 0 Å². The molecule has 0 fully saturated rings. The lowest BCUT2D eigenvalue weighted by molar-refractivity contribution is 0.355. The van der Waals surface area contributed by atoms with Gasteiger partial charge in [0.25, 0.3) is 10.0 Å². The Balaban J connectivity index is 2.24. The molecule has 0 saturated carbocycles. The molecule has 0 amide bonds. The van der Waals surface area contributed by atoms with Crippen LogP contribution < -0.4 is 13.8 Å². The Morgan fingerprint density at radius 1 is 0.900 bits per heavy atom. The van der Waals surface area contributed by atoms with E-state index in [1.165, 1.54) is 30.7 Å². The van der Waals surface area contributed by atoms with Crippen LogP contribution in [0, 0.1) is 12.7 Å². The number of ether oxygens (including phenoxy) is 2. The fourth-order valence-electron chi connectivity index (χ4n) is 3.36. The number of benzene rings is 3. The van der Waals surface area contributed by atoms with Crippen molar-refractivity contribution in [1.82, 2.24) is 0 Å². The Labute approximate surface area is 176 Å². The van der Waals surface area contributed by atoms with Crippen LogP contribution in [0.4, 0.5) is 10.1 Å². The van der Waals surface area contributed by atoms with Gasteiger partial charge in [0.2, 0.25) is 0 Å². The number of sulfonamides is 1. The van der Waals surface area contributed by atoms with Crippen LogP contribution in [-0.4, -0.2) is 22.6 Å². The average molecular weight is 430 g/mol. The van der Waals surface area contributed by atoms with Crippen molar-refractivity contribution in [2.75, 3.05) is 18.5 Å². The molecular formula is C23H24FNO4S. The smallest absolute Gasteiger partial charge is 0.265 e. The summed E-state index contributed by atoms with van der Waals surface area (Å²) in [5.74, 6) is 0.262. The minimum Gasteiger partial charge on any atom is -0.493 e. The third-order valence-electron chi connectivity index (χ3n) is 4.94. The maximum atomic E-state index is 14.0. The SMILES string of the molecule is COc1ccc(N(C(C)c2ccccc2)S(=O)(=O)c2cc(F)ccc2C)cc1OC. The van der Waals surface area contributed by atoms with Crippen LogP contribution >= 0.6 is 0 Å². The molecule has 0 aliphatic rings. The summed E-state index contributed by atoms with van der Waals surface area (Å²) in [6, 6.07) is 17.4. The van der Waals surface area contributed by atoms with E-state index in [9.17, 15) is 12.8 Å². The highest BCUT2D eigenvalue weighted by atomic mass is 32.2. The standard InChI is InChI=1S/C23H24FNO4S/c1-16-10-11-19(24)14-23(16)30(26,27)25(17(2)18-8-6-5-7-9-18)20-12-13-21(28-3)22(15-20)29-4/h5-15,17H,1-4H3. The normalized spacial score (nSPS) is 12.3. The fourth-order valence-corrected chi connectivity index (χ4v) is 5.23. The maximum absolute atomic E-state index is 14.0. The van der Waals surface area contributed by atoms with Crippen LogP contribution in [0.5, 0.6) is 11.5 Å². The van der Waals surface area contributed by atoms with Gasteiger partial charge < -0.3 is 9.47 Å². The first-order chi connectivity index (χ1) is 14.3. The summed E-state index contributed by atoms with van der Waals surface area (Å²) in [4.78, 5) is -0.0833. The summed E-state index contributed by atoms with van der Waals surface area (Å²) in [5, 5.41) is 0. The Morgan fingerprint density at radius 3 is 2.20 bits per heavy atom. The molecule has 158 valence electrons. The third-order valence-corrected chi connectivity index (χ3v) is 6.98. The Bertz CT molecular complexity index is 1130. The van der Waals surface area contributed by atoms with Gasteiger partial charge in [0, 0.05) is 6.07 Å². The maximum Gasteiger partial charge on any atom is 0.265 e. The van der Waals surface area contributed by atoms with Crippen LogP contribution in [0.2, 0.25) is 0 Å². The highest BCUT2D eigenvalue weighted by Gasteiger charge is 2.32. The summed E-state index contributed by atoms with van der Waals surface area (Å²) in [6.07, 6.45) is 0. The first-order valence-corrected chi connectivity index (χ1v) is 10.8. The van der Waals surface area contributed by atoms with E-state index in [1.807, 2.05) is 30.3 Å². The molecule has 30 heavy (non-hydrogen) atoms. The lowest BCUT2D eigenvalue weighted by Gasteiger charge is -2.32. The Kier molecular flexibility index (Phi) is 6.31. The first kappa shape index (κ1) is 21.6. The number of hydrogen-bond acceptors (Lipinski definition) is 4. The molecule has 0 N–H and O–H groups in total. The molecule has 0 aliphatic heterocycles. The van der Waals surface area contributed by atoms with Crippen molar-refractivity contribution in [3.63, 3.8) is 0 Å².